The Morgan fingerprint density at radius 1 is 0.551 bits per heavy atom. The largest absolute Gasteiger partial charge is 0.455 e. The number of rotatable bonds is 6. The normalized spacial score (nSPS) is 11.8. The van der Waals surface area contributed by atoms with Crippen LogP contribution >= 0.6 is 0 Å². The van der Waals surface area contributed by atoms with E-state index in [1.165, 1.54) is 0 Å². The summed E-state index contributed by atoms with van der Waals surface area (Å²) in [7, 11) is 0. The van der Waals surface area contributed by atoms with E-state index < -0.39 is 0 Å². The van der Waals surface area contributed by atoms with Crippen molar-refractivity contribution in [3.05, 3.63) is 146 Å². The average Bonchev–Trinajstić information content (AvgIpc) is 3.73. The molecule has 0 saturated heterocycles. The highest BCUT2D eigenvalue weighted by molar-refractivity contribution is 6.09. The number of nitrogens with zero attached hydrogens (tertiary/aromatic N) is 4. The molecule has 0 unspecified atom stereocenters. The lowest BCUT2D eigenvalue weighted by Gasteiger charge is -2.08. The summed E-state index contributed by atoms with van der Waals surface area (Å²) in [4.78, 5) is 19.0. The van der Waals surface area contributed by atoms with Gasteiger partial charge in [-0.25, -0.2) is 19.9 Å². The van der Waals surface area contributed by atoms with Gasteiger partial charge in [-0.05, 0) is 65.2 Å². The molecule has 0 N–H and O–H groups in total. The molecule has 0 aliphatic carbocycles. The molecule has 6 nitrogen and oxygen atoms in total. The molecule has 0 fully saturated rings. The summed E-state index contributed by atoms with van der Waals surface area (Å²) in [5.41, 5.74) is 9.05. The van der Waals surface area contributed by atoms with Crippen molar-refractivity contribution in [2.45, 2.75) is 6.92 Å². The summed E-state index contributed by atoms with van der Waals surface area (Å²) >= 11 is 0. The van der Waals surface area contributed by atoms with Crippen molar-refractivity contribution in [3.63, 3.8) is 0 Å². The Morgan fingerprint density at radius 2 is 1.12 bits per heavy atom. The number of para-hydroxylation sites is 3. The molecule has 0 spiro atoms. The van der Waals surface area contributed by atoms with Crippen LogP contribution in [0.25, 0.3) is 101 Å². The molecule has 5 aromatic carbocycles. The van der Waals surface area contributed by atoms with Gasteiger partial charge in [0.25, 0.3) is 0 Å². The summed E-state index contributed by atoms with van der Waals surface area (Å²) in [5.74, 6) is 1.96. The van der Waals surface area contributed by atoms with Crippen LogP contribution in [0.4, 0.5) is 0 Å². The van der Waals surface area contributed by atoms with Crippen molar-refractivity contribution < 1.29 is 8.83 Å². The van der Waals surface area contributed by atoms with Crippen LogP contribution in [0.5, 0.6) is 0 Å². The van der Waals surface area contributed by atoms with E-state index in [2.05, 4.69) is 55.1 Å². The number of aromatic nitrogens is 4. The zero-order chi connectivity index (χ0) is 32.9. The number of benzene rings is 5. The van der Waals surface area contributed by atoms with Crippen LogP contribution in [0.15, 0.2) is 143 Å². The van der Waals surface area contributed by atoms with Gasteiger partial charge in [-0.2, -0.15) is 0 Å². The average molecular weight is 633 g/mol. The predicted molar refractivity (Wildman–Crippen MR) is 199 cm³/mol. The van der Waals surface area contributed by atoms with Gasteiger partial charge in [0.05, 0.1) is 11.1 Å². The highest BCUT2D eigenvalue weighted by Crippen LogP contribution is 2.36. The third kappa shape index (κ3) is 4.81. The third-order valence-electron chi connectivity index (χ3n) is 9.00. The number of allylic oxidation sites excluding steroid dienone is 1. The van der Waals surface area contributed by atoms with Crippen molar-refractivity contribution in [3.8, 4) is 45.0 Å². The summed E-state index contributed by atoms with van der Waals surface area (Å²) in [6.45, 7) is 5.91. The van der Waals surface area contributed by atoms with E-state index in [1.807, 2.05) is 92.4 Å². The van der Waals surface area contributed by atoms with Crippen LogP contribution in [-0.2, 0) is 0 Å². The Morgan fingerprint density at radius 3 is 1.73 bits per heavy atom. The van der Waals surface area contributed by atoms with Crippen molar-refractivity contribution in [2.75, 3.05) is 0 Å². The smallest absolute Gasteiger partial charge is 0.162 e. The first kappa shape index (κ1) is 28.6. The van der Waals surface area contributed by atoms with Gasteiger partial charge in [-0.3, -0.25) is 0 Å². The van der Waals surface area contributed by atoms with Crippen LogP contribution in [0, 0.1) is 0 Å². The number of furan rings is 2. The zero-order valence-electron chi connectivity index (χ0n) is 26.6. The highest BCUT2D eigenvalue weighted by Gasteiger charge is 2.17. The Balaban J connectivity index is 1.02. The maximum Gasteiger partial charge on any atom is 0.162 e. The topological polar surface area (TPSA) is 77.8 Å². The molecule has 6 heteroatoms. The van der Waals surface area contributed by atoms with E-state index in [0.717, 1.165) is 88.4 Å². The quantitative estimate of drug-likeness (QED) is 0.181. The molecule has 0 bridgehead atoms. The molecular formula is C43H28N4O2. The first-order chi connectivity index (χ1) is 24.2. The third-order valence-corrected chi connectivity index (χ3v) is 9.00. The van der Waals surface area contributed by atoms with Crippen molar-refractivity contribution in [1.82, 2.24) is 19.9 Å². The number of fused-ring (bicyclic) bond motifs is 5. The lowest BCUT2D eigenvalue weighted by Crippen LogP contribution is -1.91. The van der Waals surface area contributed by atoms with Crippen LogP contribution in [0.3, 0.4) is 0 Å². The minimum atomic E-state index is 0.605. The van der Waals surface area contributed by atoms with Gasteiger partial charge >= 0.3 is 0 Å². The fourth-order valence-corrected chi connectivity index (χ4v) is 6.58. The maximum absolute atomic E-state index is 6.21. The predicted octanol–water partition coefficient (Wildman–Crippen LogP) is 11.4. The maximum atomic E-state index is 6.21. The molecule has 0 aliphatic heterocycles. The molecule has 4 aromatic heterocycles. The van der Waals surface area contributed by atoms with Crippen LogP contribution in [0.2, 0.25) is 0 Å². The second-order valence-corrected chi connectivity index (χ2v) is 11.9. The van der Waals surface area contributed by atoms with E-state index in [4.69, 9.17) is 28.8 Å². The molecule has 232 valence electrons. The van der Waals surface area contributed by atoms with Crippen LogP contribution in [-0.4, -0.2) is 19.9 Å². The van der Waals surface area contributed by atoms with Gasteiger partial charge in [0.2, 0.25) is 0 Å². The second-order valence-electron chi connectivity index (χ2n) is 11.9. The minimum absolute atomic E-state index is 0.605. The van der Waals surface area contributed by atoms with Gasteiger partial charge in [0.1, 0.15) is 22.5 Å². The number of hydrogen-bond donors (Lipinski definition) is 0. The SMILES string of the molecule is C=Cc1oc2c(-c3ncc(-c4ccc5ccc(-c6cnc(-c7cccc8c7oc7ccccc78)nc6)cc5c4)cn3)cccc2c1/C=C\C. The standard InChI is InChI=1S/C43H28N4O2/c1-3-9-32-34-11-7-13-36(40(34)48-38(32)4-2)42-44-22-30(23-45-42)27-18-16-26-17-19-28(21-29(26)20-27)31-24-46-43(47-25-31)37-14-8-12-35-33-10-5-6-15-39(33)49-41(35)37/h3-25H,2H2,1H3/b9-3-. The molecule has 0 atom stereocenters. The van der Waals surface area contributed by atoms with Gasteiger partial charge in [-0.15, -0.1) is 0 Å². The van der Waals surface area contributed by atoms with Crippen molar-refractivity contribution in [1.29, 1.82) is 0 Å². The minimum Gasteiger partial charge on any atom is -0.455 e. The van der Waals surface area contributed by atoms with E-state index in [1.54, 1.807) is 6.08 Å². The molecule has 0 amide bonds. The van der Waals surface area contributed by atoms with Gasteiger partial charge in [0.15, 0.2) is 11.6 Å². The van der Waals surface area contributed by atoms with Gasteiger partial charge in [0, 0.05) is 57.6 Å². The van der Waals surface area contributed by atoms with Gasteiger partial charge in [-0.1, -0.05) is 85.5 Å². The molecule has 0 aliphatic rings. The summed E-state index contributed by atoms with van der Waals surface area (Å²) in [6, 6.07) is 33.0. The monoisotopic (exact) mass is 632 g/mol. The lowest BCUT2D eigenvalue weighted by molar-refractivity contribution is 0.604. The summed E-state index contributed by atoms with van der Waals surface area (Å²) in [5, 5.41) is 5.39. The highest BCUT2D eigenvalue weighted by atomic mass is 16.3. The Kier molecular flexibility index (Phi) is 6.73. The Bertz CT molecular complexity index is 2740. The lowest BCUT2D eigenvalue weighted by atomic mass is 9.99. The fourth-order valence-electron chi connectivity index (χ4n) is 6.58. The zero-order valence-corrected chi connectivity index (χ0v) is 26.6. The van der Waals surface area contributed by atoms with Gasteiger partial charge < -0.3 is 8.83 Å². The molecule has 0 saturated carbocycles. The molecule has 9 aromatic rings. The van der Waals surface area contributed by atoms with Crippen molar-refractivity contribution >= 4 is 55.8 Å². The second kappa shape index (κ2) is 11.5. The van der Waals surface area contributed by atoms with Crippen molar-refractivity contribution in [2.24, 2.45) is 0 Å². The van der Waals surface area contributed by atoms with E-state index in [0.29, 0.717) is 11.6 Å². The first-order valence-corrected chi connectivity index (χ1v) is 16.1. The number of hydrogen-bond acceptors (Lipinski definition) is 6. The Labute approximate surface area is 281 Å². The fraction of sp³-hybridized carbons (Fsp3) is 0.0233. The van der Waals surface area contributed by atoms with Crippen LogP contribution < -0.4 is 0 Å². The van der Waals surface area contributed by atoms with E-state index in [-0.39, 0.29) is 0 Å². The molecule has 49 heavy (non-hydrogen) atoms. The first-order valence-electron chi connectivity index (χ1n) is 16.1. The molecule has 0 radical (unpaired) electrons. The Hall–Kier alpha value is -6.66. The molecule has 9 rings (SSSR count). The summed E-state index contributed by atoms with van der Waals surface area (Å²) < 4.78 is 12.4. The van der Waals surface area contributed by atoms with E-state index >= 15 is 0 Å². The summed E-state index contributed by atoms with van der Waals surface area (Å²) in [6.07, 6.45) is 13.3. The molecule has 4 heterocycles. The molecular weight excluding hydrogens is 604 g/mol. The van der Waals surface area contributed by atoms with Crippen LogP contribution in [0.1, 0.15) is 18.2 Å². The van der Waals surface area contributed by atoms with E-state index in [9.17, 15) is 0 Å².